The molecule has 0 spiro atoms. The number of fused-ring (bicyclic) bond motifs is 5. The molecule has 0 radical (unpaired) electrons. The fourth-order valence-corrected chi connectivity index (χ4v) is 12.3. The van der Waals surface area contributed by atoms with Crippen molar-refractivity contribution in [2.45, 2.75) is 168 Å². The number of primary amides is 1. The number of ether oxygens (including phenoxy) is 1. The van der Waals surface area contributed by atoms with E-state index in [9.17, 15) is 4.79 Å². The Morgan fingerprint density at radius 1 is 0.808 bits per heavy atom. The molecule has 4 aliphatic rings. The molecule has 14 N–H and O–H groups in total. The lowest BCUT2D eigenvalue weighted by Crippen LogP contribution is -2.59. The number of amides is 1. The van der Waals surface area contributed by atoms with Crippen molar-refractivity contribution in [3.63, 3.8) is 0 Å². The summed E-state index contributed by atoms with van der Waals surface area (Å²) in [7, 11) is 0. The van der Waals surface area contributed by atoms with Gasteiger partial charge in [0.15, 0.2) is 0 Å². The molecule has 4 aliphatic carbocycles. The molecule has 304 valence electrons. The van der Waals surface area contributed by atoms with Crippen LogP contribution in [0.25, 0.3) is 0 Å². The number of allylic oxidation sites excluding steroid dienone is 1. The second kappa shape index (κ2) is 20.6. The maximum absolute atomic E-state index is 11.3. The quantitative estimate of drug-likeness (QED) is 0.0642. The van der Waals surface area contributed by atoms with Crippen molar-refractivity contribution in [2.24, 2.45) is 91.9 Å². The van der Waals surface area contributed by atoms with Crippen LogP contribution >= 0.6 is 0 Å². The van der Waals surface area contributed by atoms with Gasteiger partial charge in [0.05, 0.1) is 0 Å². The van der Waals surface area contributed by atoms with E-state index in [0.29, 0.717) is 43.6 Å². The van der Waals surface area contributed by atoms with E-state index in [2.05, 4.69) is 40.7 Å². The van der Waals surface area contributed by atoms with E-state index in [-0.39, 0.29) is 17.1 Å². The molecule has 9 heteroatoms. The van der Waals surface area contributed by atoms with Crippen LogP contribution in [0.15, 0.2) is 11.6 Å². The minimum Gasteiger partial charge on any atom is -0.446 e. The predicted molar refractivity (Wildman–Crippen MR) is 219 cm³/mol. The average molecular weight is 732 g/mol. The summed E-state index contributed by atoms with van der Waals surface area (Å²) >= 11 is 0. The van der Waals surface area contributed by atoms with E-state index >= 15 is 0 Å². The summed E-state index contributed by atoms with van der Waals surface area (Å²) in [5.74, 6) is 5.20. The zero-order chi connectivity index (χ0) is 38.6. The van der Waals surface area contributed by atoms with Crippen LogP contribution in [0.5, 0.6) is 0 Å². The molecule has 0 saturated heterocycles. The van der Waals surface area contributed by atoms with Gasteiger partial charge in [0.1, 0.15) is 6.10 Å². The Morgan fingerprint density at radius 3 is 1.94 bits per heavy atom. The third-order valence-corrected chi connectivity index (χ3v) is 15.4. The van der Waals surface area contributed by atoms with Crippen molar-refractivity contribution in [3.05, 3.63) is 11.6 Å². The molecular weight excluding hydrogens is 647 g/mol. The van der Waals surface area contributed by atoms with Crippen molar-refractivity contribution >= 4 is 6.09 Å². The molecule has 0 aromatic carbocycles. The lowest BCUT2D eigenvalue weighted by atomic mass is 9.47. The van der Waals surface area contributed by atoms with Crippen LogP contribution in [0.4, 0.5) is 4.79 Å². The minimum absolute atomic E-state index is 0.00946. The van der Waals surface area contributed by atoms with Crippen LogP contribution in [0.3, 0.4) is 0 Å². The van der Waals surface area contributed by atoms with Gasteiger partial charge < -0.3 is 44.9 Å². The van der Waals surface area contributed by atoms with Crippen molar-refractivity contribution in [3.8, 4) is 0 Å². The van der Waals surface area contributed by atoms with Crippen LogP contribution in [0.1, 0.15) is 157 Å². The zero-order valence-corrected chi connectivity index (χ0v) is 34.4. The van der Waals surface area contributed by atoms with E-state index in [1.54, 1.807) is 5.57 Å². The fraction of sp³-hybridized carbons (Fsp3) is 0.930. The number of hydrogen-bond donors (Lipinski definition) is 7. The van der Waals surface area contributed by atoms with Crippen molar-refractivity contribution in [1.29, 1.82) is 0 Å². The molecule has 8 atom stereocenters. The molecule has 0 aromatic heterocycles. The van der Waals surface area contributed by atoms with Crippen LogP contribution < -0.4 is 40.1 Å². The maximum Gasteiger partial charge on any atom is 0.404 e. The highest BCUT2D eigenvalue weighted by Crippen LogP contribution is 2.67. The first-order chi connectivity index (χ1) is 24.7. The highest BCUT2D eigenvalue weighted by Gasteiger charge is 2.59. The van der Waals surface area contributed by atoms with Gasteiger partial charge in [0.25, 0.3) is 0 Å². The Labute approximate surface area is 319 Å². The second-order valence-electron chi connectivity index (χ2n) is 18.8. The Morgan fingerprint density at radius 2 is 1.40 bits per heavy atom. The molecule has 0 bridgehead atoms. The normalized spacial score (nSPS) is 30.8. The number of carbonyl (C=O) groups is 1. The monoisotopic (exact) mass is 732 g/mol. The van der Waals surface area contributed by atoms with Gasteiger partial charge in [-0.3, -0.25) is 0 Å². The number of hydrogen-bond acceptors (Lipinski definition) is 8. The molecule has 9 nitrogen and oxygen atoms in total. The van der Waals surface area contributed by atoms with Crippen molar-refractivity contribution in [2.75, 3.05) is 32.7 Å². The molecule has 3 fully saturated rings. The summed E-state index contributed by atoms with van der Waals surface area (Å²) < 4.78 is 5.39. The van der Waals surface area contributed by atoms with Crippen LogP contribution in [0, 0.1) is 51.8 Å². The third-order valence-electron chi connectivity index (χ3n) is 15.4. The highest BCUT2D eigenvalue weighted by atomic mass is 16.6. The van der Waals surface area contributed by atoms with E-state index in [1.165, 1.54) is 51.4 Å². The van der Waals surface area contributed by atoms with Crippen molar-refractivity contribution in [1.82, 2.24) is 0 Å². The van der Waals surface area contributed by atoms with E-state index in [4.69, 9.17) is 44.9 Å². The number of nitrogens with two attached hydrogens (primary N) is 7. The van der Waals surface area contributed by atoms with Crippen LogP contribution in [0.2, 0.25) is 0 Å². The maximum atomic E-state index is 11.3. The number of carbonyl (C=O) groups excluding carboxylic acids is 1. The SMILES string of the molecule is CC(C)CCC[C@@H](C)[C@H]1CC[C@H]2[C@@H]3CC=C4C[C@@H](OC(N)=O)CC[C@]4(C)[C@H]3CC[C@]12C.NCCCC(N)(CCCN)C(CN)(CCCN)CCCN. The van der Waals surface area contributed by atoms with Gasteiger partial charge >= 0.3 is 6.09 Å². The molecule has 1 amide bonds. The summed E-state index contributed by atoms with van der Waals surface area (Å²) in [5, 5.41) is 0. The first kappa shape index (κ1) is 45.2. The lowest BCUT2D eigenvalue weighted by Gasteiger charge is -2.58. The first-order valence-electron chi connectivity index (χ1n) is 21.7. The number of rotatable bonds is 20. The average Bonchev–Trinajstić information content (AvgIpc) is 3.47. The molecule has 0 aliphatic heterocycles. The summed E-state index contributed by atoms with van der Waals surface area (Å²) in [6.45, 7) is 15.7. The predicted octanol–water partition coefficient (Wildman–Crippen LogP) is 7.08. The summed E-state index contributed by atoms with van der Waals surface area (Å²) in [4.78, 5) is 11.3. The highest BCUT2D eigenvalue weighted by molar-refractivity contribution is 5.64. The Kier molecular flexibility index (Phi) is 17.9. The van der Waals surface area contributed by atoms with Crippen LogP contribution in [-0.2, 0) is 4.74 Å². The zero-order valence-electron chi connectivity index (χ0n) is 34.4. The Bertz CT molecular complexity index is 1080. The second-order valence-corrected chi connectivity index (χ2v) is 18.8. The minimum atomic E-state index is -0.615. The lowest BCUT2D eigenvalue weighted by molar-refractivity contribution is -0.0578. The summed E-state index contributed by atoms with van der Waals surface area (Å²) in [6, 6.07) is 0. The largest absolute Gasteiger partial charge is 0.446 e. The van der Waals surface area contributed by atoms with Gasteiger partial charge in [-0.15, -0.1) is 0 Å². The Balaban J connectivity index is 0.000000306. The molecule has 0 heterocycles. The first-order valence-corrected chi connectivity index (χ1v) is 21.7. The molecular formula is C43H85N7O2. The summed E-state index contributed by atoms with van der Waals surface area (Å²) in [6.07, 6.45) is 23.5. The molecule has 0 aromatic rings. The van der Waals surface area contributed by atoms with Gasteiger partial charge in [-0.2, -0.15) is 0 Å². The van der Waals surface area contributed by atoms with Crippen LogP contribution in [-0.4, -0.2) is 50.5 Å². The molecule has 52 heavy (non-hydrogen) atoms. The van der Waals surface area contributed by atoms with Gasteiger partial charge in [0.2, 0.25) is 0 Å². The fourth-order valence-electron chi connectivity index (χ4n) is 12.3. The van der Waals surface area contributed by atoms with Gasteiger partial charge in [0, 0.05) is 17.4 Å². The van der Waals surface area contributed by atoms with Crippen molar-refractivity contribution < 1.29 is 9.53 Å². The Hall–Kier alpha value is -1.23. The van der Waals surface area contributed by atoms with E-state index < -0.39 is 6.09 Å². The third kappa shape index (κ3) is 10.5. The smallest absolute Gasteiger partial charge is 0.404 e. The van der Waals surface area contributed by atoms with Gasteiger partial charge in [-0.25, -0.2) is 4.79 Å². The van der Waals surface area contributed by atoms with E-state index in [1.807, 2.05) is 0 Å². The van der Waals surface area contributed by atoms with E-state index in [0.717, 1.165) is 106 Å². The standard InChI is InChI=1S/C28H47NO2.C15H38N6/c1-18(2)7-6-8-19(3)23-11-12-24-22-10-9-20-17-21(31-26(29)30)13-15-27(20,4)25(22)14-16-28(23,24)5;16-9-1-5-14(13-20,6-2-10-17)15(21,7-3-11-18)8-4-12-19/h9,18-19,21-25H,6-8,10-17H2,1-5H3,(H2,29,30);1-13,16-21H2/t19-,21+,22+,23-,24+,25+,27+,28-;/m1./s1. The van der Waals surface area contributed by atoms with Gasteiger partial charge in [-0.1, -0.05) is 65.5 Å². The summed E-state index contributed by atoms with van der Waals surface area (Å²) in [5.41, 5.74) is 43.2. The molecule has 0 unspecified atom stereocenters. The topological polar surface area (TPSA) is 208 Å². The van der Waals surface area contributed by atoms with Gasteiger partial charge in [-0.05, 0) is 175 Å². The molecule has 4 rings (SSSR count). The molecule has 3 saturated carbocycles.